The van der Waals surface area contributed by atoms with E-state index >= 15 is 0 Å². The molecule has 0 radical (unpaired) electrons. The first-order valence-electron chi connectivity index (χ1n) is 6.74. The van der Waals surface area contributed by atoms with E-state index in [1.54, 1.807) is 0 Å². The Morgan fingerprint density at radius 1 is 0.850 bits per heavy atom. The molecule has 0 saturated carbocycles. The maximum Gasteiger partial charge on any atom is 0.126 e. The first kappa shape index (κ1) is 14.7. The van der Waals surface area contributed by atoms with Crippen LogP contribution in [0.2, 0.25) is 0 Å². The smallest absolute Gasteiger partial charge is 0.126 e. The molecule has 1 N–H and O–H groups in total. The summed E-state index contributed by atoms with van der Waals surface area (Å²) in [7, 11) is 0. The number of nitrogens with one attached hydrogen (secondary N) is 1. The highest BCUT2D eigenvalue weighted by molar-refractivity contribution is 5.26. The summed E-state index contributed by atoms with van der Waals surface area (Å²) >= 11 is 0. The van der Waals surface area contributed by atoms with Crippen LogP contribution >= 0.6 is 0 Å². The lowest BCUT2D eigenvalue weighted by molar-refractivity contribution is 0.487. The SMILES string of the molecule is Cc1cccc([C@@H](C)NC(C)c2cc(F)cc(F)c2)c1. The van der Waals surface area contributed by atoms with Crippen LogP contribution in [-0.4, -0.2) is 0 Å². The molecule has 2 atom stereocenters. The molecule has 0 fully saturated rings. The summed E-state index contributed by atoms with van der Waals surface area (Å²) in [5.41, 5.74) is 2.97. The lowest BCUT2D eigenvalue weighted by Crippen LogP contribution is -2.22. The fourth-order valence-corrected chi connectivity index (χ4v) is 2.33. The van der Waals surface area contributed by atoms with Crippen molar-refractivity contribution in [1.82, 2.24) is 5.32 Å². The molecule has 1 unspecified atom stereocenters. The van der Waals surface area contributed by atoms with E-state index in [0.717, 1.165) is 11.6 Å². The minimum absolute atomic E-state index is 0.108. The lowest BCUT2D eigenvalue weighted by atomic mass is 10.0. The van der Waals surface area contributed by atoms with Gasteiger partial charge in [0, 0.05) is 18.2 Å². The summed E-state index contributed by atoms with van der Waals surface area (Å²) in [6.45, 7) is 5.99. The second kappa shape index (κ2) is 6.14. The second-order valence-corrected chi connectivity index (χ2v) is 5.23. The third-order valence-corrected chi connectivity index (χ3v) is 3.43. The Balaban J connectivity index is 2.12. The Morgan fingerprint density at radius 2 is 1.45 bits per heavy atom. The normalized spacial score (nSPS) is 14.1. The predicted molar refractivity (Wildman–Crippen MR) is 77.5 cm³/mol. The molecular weight excluding hydrogens is 256 g/mol. The summed E-state index contributed by atoms with van der Waals surface area (Å²) < 4.78 is 26.5. The standard InChI is InChI=1S/C17H19F2N/c1-11-5-4-6-14(7-11)12(2)20-13(3)15-8-16(18)10-17(19)9-15/h4-10,12-13,20H,1-3H3/t12-,13?/m1/s1. The number of hydrogen-bond acceptors (Lipinski definition) is 1. The summed E-state index contributed by atoms with van der Waals surface area (Å²) in [5.74, 6) is -1.09. The highest BCUT2D eigenvalue weighted by Gasteiger charge is 2.13. The number of rotatable bonds is 4. The molecule has 1 nitrogen and oxygen atoms in total. The van der Waals surface area contributed by atoms with Crippen molar-refractivity contribution in [1.29, 1.82) is 0 Å². The van der Waals surface area contributed by atoms with Crippen molar-refractivity contribution in [2.75, 3.05) is 0 Å². The molecule has 0 saturated heterocycles. The van der Waals surface area contributed by atoms with Crippen molar-refractivity contribution in [3.63, 3.8) is 0 Å². The molecule has 0 aliphatic carbocycles. The summed E-state index contributed by atoms with van der Waals surface area (Å²) in [6, 6.07) is 11.8. The van der Waals surface area contributed by atoms with E-state index in [1.807, 2.05) is 39.0 Å². The van der Waals surface area contributed by atoms with Crippen LogP contribution in [0.1, 0.15) is 42.6 Å². The first-order valence-corrected chi connectivity index (χ1v) is 6.74. The molecule has 0 aliphatic heterocycles. The molecule has 106 valence electrons. The topological polar surface area (TPSA) is 12.0 Å². The second-order valence-electron chi connectivity index (χ2n) is 5.23. The minimum atomic E-state index is -0.545. The van der Waals surface area contributed by atoms with E-state index in [-0.39, 0.29) is 12.1 Å². The van der Waals surface area contributed by atoms with Crippen molar-refractivity contribution in [2.24, 2.45) is 0 Å². The van der Waals surface area contributed by atoms with Gasteiger partial charge in [-0.15, -0.1) is 0 Å². The molecule has 3 heteroatoms. The molecule has 0 aromatic heterocycles. The van der Waals surface area contributed by atoms with Crippen molar-refractivity contribution in [3.05, 3.63) is 70.8 Å². The van der Waals surface area contributed by atoms with Crippen LogP contribution < -0.4 is 5.32 Å². The van der Waals surface area contributed by atoms with Gasteiger partial charge < -0.3 is 5.32 Å². The van der Waals surface area contributed by atoms with Crippen molar-refractivity contribution < 1.29 is 8.78 Å². The fourth-order valence-electron chi connectivity index (χ4n) is 2.33. The molecule has 0 spiro atoms. The number of halogens is 2. The highest BCUT2D eigenvalue weighted by atomic mass is 19.1. The zero-order valence-corrected chi connectivity index (χ0v) is 12.0. The zero-order valence-electron chi connectivity index (χ0n) is 12.0. The van der Waals surface area contributed by atoms with E-state index in [4.69, 9.17) is 0 Å². The van der Waals surface area contributed by atoms with Gasteiger partial charge in [-0.25, -0.2) is 8.78 Å². The maximum atomic E-state index is 13.2. The van der Waals surface area contributed by atoms with Gasteiger partial charge in [0.2, 0.25) is 0 Å². The third kappa shape index (κ3) is 3.64. The van der Waals surface area contributed by atoms with Crippen molar-refractivity contribution in [2.45, 2.75) is 32.9 Å². The molecular formula is C17H19F2N. The average Bonchev–Trinajstić information content (AvgIpc) is 2.37. The highest BCUT2D eigenvalue weighted by Crippen LogP contribution is 2.21. The van der Waals surface area contributed by atoms with Crippen molar-refractivity contribution >= 4 is 0 Å². The van der Waals surface area contributed by atoms with Crippen molar-refractivity contribution in [3.8, 4) is 0 Å². The van der Waals surface area contributed by atoms with Crippen LogP contribution in [-0.2, 0) is 0 Å². The summed E-state index contributed by atoms with van der Waals surface area (Å²) in [5, 5.41) is 3.36. The molecule has 0 heterocycles. The van der Waals surface area contributed by atoms with Crippen LogP contribution in [0.15, 0.2) is 42.5 Å². The Hall–Kier alpha value is -1.74. The van der Waals surface area contributed by atoms with Gasteiger partial charge in [0.05, 0.1) is 0 Å². The van der Waals surface area contributed by atoms with Crippen LogP contribution in [0, 0.1) is 18.6 Å². The van der Waals surface area contributed by atoms with Gasteiger partial charge in [-0.1, -0.05) is 29.8 Å². The van der Waals surface area contributed by atoms with Crippen LogP contribution in [0.4, 0.5) is 8.78 Å². The molecule has 20 heavy (non-hydrogen) atoms. The quantitative estimate of drug-likeness (QED) is 0.854. The summed E-state index contributed by atoms with van der Waals surface area (Å²) in [6.07, 6.45) is 0. The zero-order chi connectivity index (χ0) is 14.7. The van der Waals surface area contributed by atoms with Gasteiger partial charge in [0.1, 0.15) is 11.6 Å². The van der Waals surface area contributed by atoms with Gasteiger partial charge in [-0.05, 0) is 44.0 Å². The number of hydrogen-bond donors (Lipinski definition) is 1. The molecule has 0 bridgehead atoms. The molecule has 2 rings (SSSR count). The Bertz CT molecular complexity index is 575. The van der Waals surface area contributed by atoms with E-state index in [0.29, 0.717) is 5.56 Å². The number of benzene rings is 2. The van der Waals surface area contributed by atoms with Gasteiger partial charge in [0.25, 0.3) is 0 Å². The first-order chi connectivity index (χ1) is 9.45. The number of aryl methyl sites for hydroxylation is 1. The Kier molecular flexibility index (Phi) is 4.50. The largest absolute Gasteiger partial charge is 0.304 e. The Labute approximate surface area is 118 Å². The van der Waals surface area contributed by atoms with Gasteiger partial charge in [0.15, 0.2) is 0 Å². The van der Waals surface area contributed by atoms with E-state index in [1.165, 1.54) is 17.7 Å². The third-order valence-electron chi connectivity index (χ3n) is 3.43. The van der Waals surface area contributed by atoms with E-state index in [2.05, 4.69) is 11.4 Å². The lowest BCUT2D eigenvalue weighted by Gasteiger charge is -2.21. The van der Waals surface area contributed by atoms with Gasteiger partial charge in [-0.2, -0.15) is 0 Å². The molecule has 0 aliphatic rings. The van der Waals surface area contributed by atoms with E-state index in [9.17, 15) is 8.78 Å². The van der Waals surface area contributed by atoms with E-state index < -0.39 is 11.6 Å². The van der Waals surface area contributed by atoms with Crippen LogP contribution in [0.3, 0.4) is 0 Å². The van der Waals surface area contributed by atoms with Crippen LogP contribution in [0.25, 0.3) is 0 Å². The summed E-state index contributed by atoms with van der Waals surface area (Å²) in [4.78, 5) is 0. The van der Waals surface area contributed by atoms with Gasteiger partial charge >= 0.3 is 0 Å². The maximum absolute atomic E-state index is 13.2. The van der Waals surface area contributed by atoms with Gasteiger partial charge in [-0.3, -0.25) is 0 Å². The average molecular weight is 275 g/mol. The minimum Gasteiger partial charge on any atom is -0.304 e. The fraction of sp³-hybridized carbons (Fsp3) is 0.294. The molecule has 2 aromatic rings. The van der Waals surface area contributed by atoms with Crippen LogP contribution in [0.5, 0.6) is 0 Å². The predicted octanol–water partition coefficient (Wildman–Crippen LogP) is 4.69. The monoisotopic (exact) mass is 275 g/mol. The molecule has 0 amide bonds. The molecule has 2 aromatic carbocycles. The Morgan fingerprint density at radius 3 is 2.05 bits per heavy atom.